The van der Waals surface area contributed by atoms with Crippen molar-refractivity contribution in [3.8, 4) is 0 Å². The highest BCUT2D eigenvalue weighted by Gasteiger charge is 2.49. The van der Waals surface area contributed by atoms with Gasteiger partial charge in [-0.3, -0.25) is 0 Å². The minimum absolute atomic E-state index is 0.0143. The second-order valence-corrected chi connectivity index (χ2v) is 10.7. The summed E-state index contributed by atoms with van der Waals surface area (Å²) in [4.78, 5) is 12.8. The summed E-state index contributed by atoms with van der Waals surface area (Å²) in [5, 5.41) is 10.8. The number of aliphatic hydroxyl groups is 1. The SMILES string of the molecule is Cc1ccc(S(=O)(=O)N2CC[C@@H]3C(O)=C(C(=O)OC(C)(C)C)[C@@H](C)C[C@@H]32)cc1. The summed E-state index contributed by atoms with van der Waals surface area (Å²) in [6, 6.07) is 6.44. The van der Waals surface area contributed by atoms with Gasteiger partial charge < -0.3 is 9.84 Å². The summed E-state index contributed by atoms with van der Waals surface area (Å²) in [5.41, 5.74) is 0.620. The first-order valence-electron chi connectivity index (χ1n) is 9.66. The lowest BCUT2D eigenvalue weighted by Crippen LogP contribution is -2.43. The molecule has 1 saturated heterocycles. The minimum Gasteiger partial charge on any atom is -0.511 e. The predicted molar refractivity (Wildman–Crippen MR) is 106 cm³/mol. The molecule has 1 aromatic carbocycles. The van der Waals surface area contributed by atoms with Crippen LogP contribution < -0.4 is 0 Å². The normalized spacial score (nSPS) is 26.2. The molecular weight excluding hydrogens is 378 g/mol. The van der Waals surface area contributed by atoms with Crippen molar-refractivity contribution in [2.24, 2.45) is 11.8 Å². The lowest BCUT2D eigenvalue weighted by molar-refractivity contribution is -0.151. The number of aliphatic hydroxyl groups excluding tert-OH is 1. The average molecular weight is 408 g/mol. The fourth-order valence-corrected chi connectivity index (χ4v) is 5.83. The number of ether oxygens (including phenoxy) is 1. The molecular formula is C21H29NO5S. The Morgan fingerprint density at radius 3 is 2.39 bits per heavy atom. The molecule has 1 heterocycles. The summed E-state index contributed by atoms with van der Waals surface area (Å²) in [7, 11) is -3.66. The first kappa shape index (κ1) is 20.9. The van der Waals surface area contributed by atoms with Gasteiger partial charge in [0, 0.05) is 18.5 Å². The molecule has 1 aliphatic carbocycles. The van der Waals surface area contributed by atoms with Gasteiger partial charge in [0.15, 0.2) is 0 Å². The molecule has 154 valence electrons. The molecule has 0 bridgehead atoms. The van der Waals surface area contributed by atoms with Crippen LogP contribution in [0.15, 0.2) is 40.5 Å². The lowest BCUT2D eigenvalue weighted by atomic mass is 9.79. The van der Waals surface area contributed by atoms with Gasteiger partial charge in [0.05, 0.1) is 10.5 Å². The van der Waals surface area contributed by atoms with Crippen LogP contribution in [-0.2, 0) is 19.6 Å². The molecule has 3 rings (SSSR count). The third kappa shape index (κ3) is 3.82. The van der Waals surface area contributed by atoms with Crippen LogP contribution in [0.4, 0.5) is 0 Å². The Balaban J connectivity index is 1.90. The zero-order valence-electron chi connectivity index (χ0n) is 17.1. The maximum Gasteiger partial charge on any atom is 0.338 e. The van der Waals surface area contributed by atoms with Gasteiger partial charge in [-0.25, -0.2) is 13.2 Å². The third-order valence-electron chi connectivity index (χ3n) is 5.46. The Morgan fingerprint density at radius 2 is 1.82 bits per heavy atom. The number of benzene rings is 1. The minimum atomic E-state index is -3.66. The average Bonchev–Trinajstić information content (AvgIpc) is 2.98. The van der Waals surface area contributed by atoms with Crippen molar-refractivity contribution >= 4 is 16.0 Å². The van der Waals surface area contributed by atoms with Crippen molar-refractivity contribution in [2.45, 2.75) is 64.0 Å². The molecule has 0 amide bonds. The summed E-state index contributed by atoms with van der Waals surface area (Å²) < 4.78 is 33.2. The number of fused-ring (bicyclic) bond motifs is 1. The maximum absolute atomic E-state index is 13.2. The molecule has 0 unspecified atom stereocenters. The molecule has 3 atom stereocenters. The first-order valence-corrected chi connectivity index (χ1v) is 11.1. The highest BCUT2D eigenvalue weighted by atomic mass is 32.2. The molecule has 2 aliphatic rings. The highest BCUT2D eigenvalue weighted by molar-refractivity contribution is 7.89. The van der Waals surface area contributed by atoms with Crippen LogP contribution >= 0.6 is 0 Å². The predicted octanol–water partition coefficient (Wildman–Crippen LogP) is 3.57. The molecule has 28 heavy (non-hydrogen) atoms. The van der Waals surface area contributed by atoms with E-state index in [1.54, 1.807) is 45.0 Å². The van der Waals surface area contributed by atoms with E-state index in [0.717, 1.165) is 5.56 Å². The Bertz CT molecular complexity index is 896. The number of hydrogen-bond donors (Lipinski definition) is 1. The van der Waals surface area contributed by atoms with Gasteiger partial charge in [-0.1, -0.05) is 24.6 Å². The number of carbonyl (C=O) groups is 1. The second-order valence-electron chi connectivity index (χ2n) is 8.83. The fourth-order valence-electron chi connectivity index (χ4n) is 4.14. The Labute approximate surface area is 167 Å². The van der Waals surface area contributed by atoms with Crippen LogP contribution in [0.5, 0.6) is 0 Å². The Hall–Kier alpha value is -1.86. The number of rotatable bonds is 3. The van der Waals surface area contributed by atoms with E-state index in [1.807, 2.05) is 13.8 Å². The van der Waals surface area contributed by atoms with E-state index in [0.29, 0.717) is 19.4 Å². The summed E-state index contributed by atoms with van der Waals surface area (Å²) in [6.07, 6.45) is 0.967. The van der Waals surface area contributed by atoms with Crippen LogP contribution in [0.1, 0.15) is 46.1 Å². The molecule has 0 aromatic heterocycles. The lowest BCUT2D eigenvalue weighted by Gasteiger charge is -2.35. The van der Waals surface area contributed by atoms with Crippen molar-refractivity contribution in [1.29, 1.82) is 0 Å². The van der Waals surface area contributed by atoms with Gasteiger partial charge in [-0.2, -0.15) is 4.31 Å². The van der Waals surface area contributed by atoms with E-state index >= 15 is 0 Å². The standard InChI is InChI=1S/C21H29NO5S/c1-13-6-8-15(9-7-13)28(25,26)22-11-10-16-17(22)12-14(2)18(19(16)23)20(24)27-21(3,4)5/h6-9,14,16-17,23H,10-12H2,1-5H3/t14-,16-,17-/m0/s1. The van der Waals surface area contributed by atoms with Crippen LogP contribution in [0.25, 0.3) is 0 Å². The smallest absolute Gasteiger partial charge is 0.338 e. The van der Waals surface area contributed by atoms with Crippen molar-refractivity contribution in [2.75, 3.05) is 6.54 Å². The Morgan fingerprint density at radius 1 is 1.21 bits per heavy atom. The molecule has 0 radical (unpaired) electrons. The summed E-state index contributed by atoms with van der Waals surface area (Å²) in [6.45, 7) is 9.41. The van der Waals surface area contributed by atoms with Crippen LogP contribution in [-0.4, -0.2) is 42.0 Å². The van der Waals surface area contributed by atoms with Gasteiger partial charge >= 0.3 is 5.97 Å². The molecule has 1 aliphatic heterocycles. The quantitative estimate of drug-likeness (QED) is 0.775. The van der Waals surface area contributed by atoms with Crippen LogP contribution in [0.3, 0.4) is 0 Å². The van der Waals surface area contributed by atoms with Gasteiger partial charge in [0.25, 0.3) is 0 Å². The van der Waals surface area contributed by atoms with Gasteiger partial charge in [0.2, 0.25) is 10.0 Å². The topological polar surface area (TPSA) is 83.9 Å². The fraction of sp³-hybridized carbons (Fsp3) is 0.571. The number of sulfonamides is 1. The zero-order valence-corrected chi connectivity index (χ0v) is 17.9. The van der Waals surface area contributed by atoms with Crippen LogP contribution in [0.2, 0.25) is 0 Å². The number of hydrogen-bond acceptors (Lipinski definition) is 5. The molecule has 1 fully saturated rings. The number of carbonyl (C=O) groups excluding carboxylic acids is 1. The highest BCUT2D eigenvalue weighted by Crippen LogP contribution is 2.44. The van der Waals surface area contributed by atoms with E-state index in [4.69, 9.17) is 4.74 Å². The van der Waals surface area contributed by atoms with Crippen LogP contribution in [0, 0.1) is 18.8 Å². The monoisotopic (exact) mass is 407 g/mol. The molecule has 6 nitrogen and oxygen atoms in total. The van der Waals surface area contributed by atoms with E-state index in [9.17, 15) is 18.3 Å². The molecule has 1 N–H and O–H groups in total. The van der Waals surface area contributed by atoms with Gasteiger partial charge in [0.1, 0.15) is 11.4 Å². The molecule has 1 aromatic rings. The van der Waals surface area contributed by atoms with Gasteiger partial charge in [-0.15, -0.1) is 0 Å². The second kappa shape index (κ2) is 7.19. The molecule has 7 heteroatoms. The number of nitrogens with zero attached hydrogens (tertiary/aromatic N) is 1. The zero-order chi connectivity index (χ0) is 20.9. The van der Waals surface area contributed by atoms with Crippen molar-refractivity contribution in [3.05, 3.63) is 41.2 Å². The largest absolute Gasteiger partial charge is 0.511 e. The van der Waals surface area contributed by atoms with Crippen molar-refractivity contribution < 1.29 is 23.1 Å². The van der Waals surface area contributed by atoms with E-state index in [1.165, 1.54) is 4.31 Å². The number of aryl methyl sites for hydroxylation is 1. The maximum atomic E-state index is 13.2. The van der Waals surface area contributed by atoms with E-state index < -0.39 is 21.6 Å². The first-order chi connectivity index (χ1) is 12.9. The summed E-state index contributed by atoms with van der Waals surface area (Å²) in [5.74, 6) is -1.20. The van der Waals surface area contributed by atoms with E-state index in [-0.39, 0.29) is 34.1 Å². The summed E-state index contributed by atoms with van der Waals surface area (Å²) >= 11 is 0. The third-order valence-corrected chi connectivity index (χ3v) is 7.39. The molecule has 0 spiro atoms. The van der Waals surface area contributed by atoms with Crippen molar-refractivity contribution in [1.82, 2.24) is 4.31 Å². The van der Waals surface area contributed by atoms with Gasteiger partial charge in [-0.05, 0) is 58.6 Å². The number of esters is 1. The molecule has 0 saturated carbocycles. The Kier molecular flexibility index (Phi) is 5.36. The van der Waals surface area contributed by atoms with Crippen molar-refractivity contribution in [3.63, 3.8) is 0 Å². The van der Waals surface area contributed by atoms with E-state index in [2.05, 4.69) is 0 Å².